The number of hydrogen-bond acceptors (Lipinski definition) is 3. The van der Waals surface area contributed by atoms with Crippen LogP contribution in [0.4, 0.5) is 11.6 Å². The van der Waals surface area contributed by atoms with E-state index in [4.69, 9.17) is 5.73 Å². The van der Waals surface area contributed by atoms with Gasteiger partial charge >= 0.3 is 0 Å². The molecule has 3 N–H and O–H groups in total. The zero-order chi connectivity index (χ0) is 12.3. The fraction of sp³-hybridized carbons (Fsp3) is 0.308. The molecule has 17 heavy (non-hydrogen) atoms. The van der Waals surface area contributed by atoms with E-state index in [1.807, 2.05) is 37.4 Å². The molecule has 90 valence electrons. The minimum Gasteiger partial charge on any atom is -0.325 e. The summed E-state index contributed by atoms with van der Waals surface area (Å²) < 4.78 is 2.05. The van der Waals surface area contributed by atoms with Gasteiger partial charge in [0.25, 0.3) is 0 Å². The Morgan fingerprint density at radius 2 is 2.18 bits per heavy atom. The summed E-state index contributed by atoms with van der Waals surface area (Å²) in [6.45, 7) is 4.96. The maximum absolute atomic E-state index is 5.95. The Labute approximate surface area is 101 Å². The predicted octanol–water partition coefficient (Wildman–Crippen LogP) is 2.67. The average molecular weight is 230 g/mol. The molecule has 0 aliphatic rings. The molecule has 0 spiro atoms. The highest BCUT2D eigenvalue weighted by molar-refractivity contribution is 5.59. The van der Waals surface area contributed by atoms with E-state index >= 15 is 0 Å². The van der Waals surface area contributed by atoms with Crippen LogP contribution in [0, 0.1) is 0 Å². The molecule has 1 heterocycles. The van der Waals surface area contributed by atoms with Crippen LogP contribution in [0.5, 0.6) is 0 Å². The normalized spacial score (nSPS) is 12.4. The van der Waals surface area contributed by atoms with Crippen LogP contribution < -0.4 is 11.1 Å². The molecule has 4 nitrogen and oxygen atoms in total. The van der Waals surface area contributed by atoms with Gasteiger partial charge in [0.1, 0.15) is 0 Å². The number of nitrogens with two attached hydrogens (primary N) is 1. The van der Waals surface area contributed by atoms with Gasteiger partial charge in [0, 0.05) is 30.7 Å². The molecule has 2 rings (SSSR count). The largest absolute Gasteiger partial charge is 0.325 e. The molecule has 2 aromatic rings. The average Bonchev–Trinajstić information content (AvgIpc) is 2.77. The van der Waals surface area contributed by atoms with Gasteiger partial charge in [-0.05, 0) is 25.5 Å². The number of aryl methyl sites for hydroxylation is 1. The SMILES string of the molecule is CCn1ccnc1Nc1ccccc1C(C)N. The van der Waals surface area contributed by atoms with Crippen LogP contribution in [-0.2, 0) is 6.54 Å². The van der Waals surface area contributed by atoms with Crippen molar-refractivity contribution in [2.45, 2.75) is 26.4 Å². The van der Waals surface area contributed by atoms with Gasteiger partial charge in [-0.25, -0.2) is 4.98 Å². The number of para-hydroxylation sites is 1. The zero-order valence-corrected chi connectivity index (χ0v) is 10.2. The Balaban J connectivity index is 2.30. The van der Waals surface area contributed by atoms with Crippen LogP contribution in [0.2, 0.25) is 0 Å². The summed E-state index contributed by atoms with van der Waals surface area (Å²) in [5.74, 6) is 0.848. The Morgan fingerprint density at radius 3 is 2.88 bits per heavy atom. The summed E-state index contributed by atoms with van der Waals surface area (Å²) in [4.78, 5) is 4.29. The van der Waals surface area contributed by atoms with Crippen molar-refractivity contribution >= 4 is 11.6 Å². The number of imidazole rings is 1. The Kier molecular flexibility index (Phi) is 3.44. The quantitative estimate of drug-likeness (QED) is 0.849. The molecular weight excluding hydrogens is 212 g/mol. The maximum Gasteiger partial charge on any atom is 0.207 e. The monoisotopic (exact) mass is 230 g/mol. The molecular formula is C13H18N4. The van der Waals surface area contributed by atoms with Gasteiger partial charge in [-0.15, -0.1) is 0 Å². The molecule has 0 saturated carbocycles. The molecule has 1 aromatic heterocycles. The lowest BCUT2D eigenvalue weighted by Crippen LogP contribution is -2.09. The summed E-state index contributed by atoms with van der Waals surface area (Å²) in [5.41, 5.74) is 8.06. The third-order valence-corrected chi connectivity index (χ3v) is 2.75. The minimum atomic E-state index is 0.00346. The van der Waals surface area contributed by atoms with Crippen molar-refractivity contribution in [2.24, 2.45) is 5.73 Å². The van der Waals surface area contributed by atoms with Gasteiger partial charge in [-0.3, -0.25) is 0 Å². The number of aromatic nitrogens is 2. The highest BCUT2D eigenvalue weighted by Gasteiger charge is 2.08. The van der Waals surface area contributed by atoms with Crippen molar-refractivity contribution in [3.63, 3.8) is 0 Å². The Hall–Kier alpha value is -1.81. The number of nitrogens with zero attached hydrogens (tertiary/aromatic N) is 2. The summed E-state index contributed by atoms with van der Waals surface area (Å²) in [7, 11) is 0. The lowest BCUT2D eigenvalue weighted by atomic mass is 10.1. The second-order valence-corrected chi connectivity index (χ2v) is 4.04. The van der Waals surface area contributed by atoms with E-state index in [-0.39, 0.29) is 6.04 Å². The first kappa shape index (κ1) is 11.7. The molecule has 0 amide bonds. The highest BCUT2D eigenvalue weighted by atomic mass is 15.2. The first-order valence-electron chi connectivity index (χ1n) is 5.85. The van der Waals surface area contributed by atoms with Crippen molar-refractivity contribution in [2.75, 3.05) is 5.32 Å². The van der Waals surface area contributed by atoms with Crippen LogP contribution in [0.15, 0.2) is 36.7 Å². The number of rotatable bonds is 4. The lowest BCUT2D eigenvalue weighted by molar-refractivity contribution is 0.770. The second kappa shape index (κ2) is 5.01. The maximum atomic E-state index is 5.95. The number of hydrogen-bond donors (Lipinski definition) is 2. The lowest BCUT2D eigenvalue weighted by Gasteiger charge is -2.14. The molecule has 1 aromatic carbocycles. The molecule has 0 bridgehead atoms. The van der Waals surface area contributed by atoms with Crippen LogP contribution in [0.3, 0.4) is 0 Å². The second-order valence-electron chi connectivity index (χ2n) is 4.04. The van der Waals surface area contributed by atoms with Crippen molar-refractivity contribution in [1.29, 1.82) is 0 Å². The van der Waals surface area contributed by atoms with E-state index < -0.39 is 0 Å². The number of benzene rings is 1. The van der Waals surface area contributed by atoms with Crippen molar-refractivity contribution in [3.05, 3.63) is 42.2 Å². The van der Waals surface area contributed by atoms with E-state index in [0.717, 1.165) is 23.7 Å². The van der Waals surface area contributed by atoms with Crippen molar-refractivity contribution in [3.8, 4) is 0 Å². The van der Waals surface area contributed by atoms with Crippen LogP contribution in [0.25, 0.3) is 0 Å². The van der Waals surface area contributed by atoms with E-state index in [9.17, 15) is 0 Å². The fourth-order valence-corrected chi connectivity index (χ4v) is 1.82. The van der Waals surface area contributed by atoms with E-state index in [1.54, 1.807) is 6.20 Å². The molecule has 0 saturated heterocycles. The van der Waals surface area contributed by atoms with E-state index in [2.05, 4.69) is 21.8 Å². The molecule has 0 aliphatic heterocycles. The first-order valence-corrected chi connectivity index (χ1v) is 5.85. The smallest absolute Gasteiger partial charge is 0.207 e. The molecule has 0 aliphatic carbocycles. The molecule has 4 heteroatoms. The van der Waals surface area contributed by atoms with Gasteiger partial charge < -0.3 is 15.6 Å². The van der Waals surface area contributed by atoms with E-state index in [0.29, 0.717) is 0 Å². The van der Waals surface area contributed by atoms with Gasteiger partial charge in [0.05, 0.1) is 0 Å². The van der Waals surface area contributed by atoms with Gasteiger partial charge in [0.2, 0.25) is 5.95 Å². The number of nitrogens with one attached hydrogen (secondary N) is 1. The van der Waals surface area contributed by atoms with E-state index in [1.165, 1.54) is 0 Å². The topological polar surface area (TPSA) is 55.9 Å². The molecule has 0 fully saturated rings. The Morgan fingerprint density at radius 1 is 1.41 bits per heavy atom. The molecule has 0 radical (unpaired) electrons. The first-order chi connectivity index (χ1) is 8.22. The van der Waals surface area contributed by atoms with Crippen molar-refractivity contribution in [1.82, 2.24) is 9.55 Å². The predicted molar refractivity (Wildman–Crippen MR) is 70.2 cm³/mol. The van der Waals surface area contributed by atoms with Crippen LogP contribution in [0.1, 0.15) is 25.5 Å². The van der Waals surface area contributed by atoms with Gasteiger partial charge in [-0.2, -0.15) is 0 Å². The zero-order valence-electron chi connectivity index (χ0n) is 10.2. The van der Waals surface area contributed by atoms with Crippen molar-refractivity contribution < 1.29 is 0 Å². The summed E-state index contributed by atoms with van der Waals surface area (Å²) in [6, 6.07) is 8.05. The number of anilines is 2. The highest BCUT2D eigenvalue weighted by Crippen LogP contribution is 2.23. The molecule has 1 atom stereocenters. The van der Waals surface area contributed by atoms with Crippen LogP contribution in [-0.4, -0.2) is 9.55 Å². The summed E-state index contributed by atoms with van der Waals surface area (Å²) in [6.07, 6.45) is 3.75. The fourth-order valence-electron chi connectivity index (χ4n) is 1.82. The Bertz CT molecular complexity index is 488. The third-order valence-electron chi connectivity index (χ3n) is 2.75. The summed E-state index contributed by atoms with van der Waals surface area (Å²) in [5, 5.41) is 3.33. The summed E-state index contributed by atoms with van der Waals surface area (Å²) >= 11 is 0. The standard InChI is InChI=1S/C13H18N4/c1-3-17-9-8-15-13(17)16-12-7-5-4-6-11(12)10(2)14/h4-10H,3,14H2,1-2H3,(H,15,16). The van der Waals surface area contributed by atoms with Gasteiger partial charge in [-0.1, -0.05) is 18.2 Å². The minimum absolute atomic E-state index is 0.00346. The van der Waals surface area contributed by atoms with Gasteiger partial charge in [0.15, 0.2) is 0 Å². The third kappa shape index (κ3) is 2.47. The molecule has 1 unspecified atom stereocenters. The van der Waals surface area contributed by atoms with Crippen LogP contribution >= 0.6 is 0 Å².